The lowest BCUT2D eigenvalue weighted by atomic mass is 10.2. The van der Waals surface area contributed by atoms with Gasteiger partial charge in [-0.1, -0.05) is 6.07 Å². The minimum Gasteiger partial charge on any atom is -0.374 e. The van der Waals surface area contributed by atoms with Crippen LogP contribution in [0, 0.1) is 29.8 Å². The van der Waals surface area contributed by atoms with Gasteiger partial charge in [0.1, 0.15) is 5.82 Å². The number of non-ortho nitro benzene ring substituents is 1. The molecule has 0 aliphatic rings. The lowest BCUT2D eigenvalue weighted by Gasteiger charge is -2.10. The van der Waals surface area contributed by atoms with E-state index in [0.717, 1.165) is 5.56 Å². The van der Waals surface area contributed by atoms with Crippen molar-refractivity contribution in [3.05, 3.63) is 63.5 Å². The third kappa shape index (κ3) is 4.26. The highest BCUT2D eigenvalue weighted by molar-refractivity contribution is 5.94. The SMILES string of the molecule is Cc1ccc(NCC(=O)Nc2ccc([N+](=O)[O-])cc2C)c(F)c1. The number of nitrogens with one attached hydrogen (secondary N) is 2. The highest BCUT2D eigenvalue weighted by Crippen LogP contribution is 2.21. The van der Waals surface area contributed by atoms with E-state index in [1.807, 2.05) is 0 Å². The van der Waals surface area contributed by atoms with E-state index in [-0.39, 0.29) is 23.8 Å². The number of nitro benzene ring substituents is 1. The number of benzene rings is 2. The normalized spacial score (nSPS) is 10.2. The van der Waals surface area contributed by atoms with Crippen molar-refractivity contribution in [1.29, 1.82) is 0 Å². The van der Waals surface area contributed by atoms with Crippen molar-refractivity contribution in [2.45, 2.75) is 13.8 Å². The number of rotatable bonds is 5. The third-order valence-corrected chi connectivity index (χ3v) is 3.26. The molecule has 0 bridgehead atoms. The fraction of sp³-hybridized carbons (Fsp3) is 0.188. The van der Waals surface area contributed by atoms with Gasteiger partial charge >= 0.3 is 0 Å². The lowest BCUT2D eigenvalue weighted by Crippen LogP contribution is -2.22. The first-order chi connectivity index (χ1) is 10.9. The first-order valence-corrected chi connectivity index (χ1v) is 6.92. The van der Waals surface area contributed by atoms with Gasteiger partial charge in [0.25, 0.3) is 5.69 Å². The van der Waals surface area contributed by atoms with E-state index in [1.165, 1.54) is 24.3 Å². The van der Waals surface area contributed by atoms with Crippen molar-refractivity contribution in [1.82, 2.24) is 0 Å². The van der Waals surface area contributed by atoms with Crippen molar-refractivity contribution in [2.75, 3.05) is 17.2 Å². The number of anilines is 2. The van der Waals surface area contributed by atoms with Crippen molar-refractivity contribution in [3.63, 3.8) is 0 Å². The van der Waals surface area contributed by atoms with Crippen molar-refractivity contribution < 1.29 is 14.1 Å². The molecule has 2 N–H and O–H groups in total. The Morgan fingerprint density at radius 3 is 2.48 bits per heavy atom. The number of carbonyl (C=O) groups excluding carboxylic acids is 1. The van der Waals surface area contributed by atoms with Crippen LogP contribution in [-0.2, 0) is 4.79 Å². The molecular formula is C16H16FN3O3. The second-order valence-electron chi connectivity index (χ2n) is 5.14. The fourth-order valence-electron chi connectivity index (χ4n) is 2.04. The molecule has 120 valence electrons. The van der Waals surface area contributed by atoms with Crippen LogP contribution >= 0.6 is 0 Å². The number of amides is 1. The highest BCUT2D eigenvalue weighted by atomic mass is 19.1. The zero-order valence-electron chi connectivity index (χ0n) is 12.7. The van der Waals surface area contributed by atoms with E-state index in [4.69, 9.17) is 0 Å². The molecule has 0 saturated heterocycles. The van der Waals surface area contributed by atoms with Crippen LogP contribution in [-0.4, -0.2) is 17.4 Å². The summed E-state index contributed by atoms with van der Waals surface area (Å²) in [6, 6.07) is 8.84. The number of hydrogen-bond donors (Lipinski definition) is 2. The Morgan fingerprint density at radius 2 is 1.87 bits per heavy atom. The number of aryl methyl sites for hydroxylation is 2. The third-order valence-electron chi connectivity index (χ3n) is 3.26. The predicted octanol–water partition coefficient (Wildman–Crippen LogP) is 3.40. The van der Waals surface area contributed by atoms with Crippen LogP contribution in [0.5, 0.6) is 0 Å². The highest BCUT2D eigenvalue weighted by Gasteiger charge is 2.10. The summed E-state index contributed by atoms with van der Waals surface area (Å²) in [5.74, 6) is -0.800. The zero-order chi connectivity index (χ0) is 17.0. The predicted molar refractivity (Wildman–Crippen MR) is 86.1 cm³/mol. The van der Waals surface area contributed by atoms with E-state index < -0.39 is 10.7 Å². The summed E-state index contributed by atoms with van der Waals surface area (Å²) in [6.45, 7) is 3.32. The smallest absolute Gasteiger partial charge is 0.269 e. The number of nitrogens with zero attached hydrogens (tertiary/aromatic N) is 1. The molecule has 7 heteroatoms. The van der Waals surface area contributed by atoms with Gasteiger partial charge in [-0.3, -0.25) is 14.9 Å². The Kier molecular flexibility index (Phi) is 4.90. The number of hydrogen-bond acceptors (Lipinski definition) is 4. The standard InChI is InChI=1S/C16H16FN3O3/c1-10-3-5-15(13(17)7-10)18-9-16(21)19-14-6-4-12(20(22)23)8-11(14)2/h3-8,18H,9H2,1-2H3,(H,19,21). The average molecular weight is 317 g/mol. The van der Waals surface area contributed by atoms with Crippen molar-refractivity contribution in [2.24, 2.45) is 0 Å². The van der Waals surface area contributed by atoms with E-state index >= 15 is 0 Å². The van der Waals surface area contributed by atoms with E-state index in [2.05, 4.69) is 10.6 Å². The average Bonchev–Trinajstić information content (AvgIpc) is 2.48. The second-order valence-corrected chi connectivity index (χ2v) is 5.14. The second kappa shape index (κ2) is 6.87. The summed E-state index contributed by atoms with van der Waals surface area (Å²) in [7, 11) is 0. The topological polar surface area (TPSA) is 84.3 Å². The van der Waals surface area contributed by atoms with Gasteiger partial charge in [-0.25, -0.2) is 4.39 Å². The Morgan fingerprint density at radius 1 is 1.17 bits per heavy atom. The van der Waals surface area contributed by atoms with Crippen LogP contribution in [0.25, 0.3) is 0 Å². The summed E-state index contributed by atoms with van der Waals surface area (Å²) in [6.07, 6.45) is 0. The first kappa shape index (κ1) is 16.4. The number of halogens is 1. The molecule has 6 nitrogen and oxygen atoms in total. The molecule has 2 aromatic rings. The van der Waals surface area contributed by atoms with E-state index in [9.17, 15) is 19.3 Å². The van der Waals surface area contributed by atoms with Crippen LogP contribution in [0.15, 0.2) is 36.4 Å². The van der Waals surface area contributed by atoms with Crippen molar-refractivity contribution in [3.8, 4) is 0 Å². The van der Waals surface area contributed by atoms with Gasteiger partial charge < -0.3 is 10.6 Å². The molecule has 0 saturated carbocycles. The van der Waals surface area contributed by atoms with Gasteiger partial charge in [0, 0.05) is 17.8 Å². The molecule has 0 aliphatic heterocycles. The summed E-state index contributed by atoms with van der Waals surface area (Å²) < 4.78 is 13.7. The summed E-state index contributed by atoms with van der Waals surface area (Å²) in [5.41, 5.74) is 2.05. The number of nitro groups is 1. The first-order valence-electron chi connectivity index (χ1n) is 6.92. The molecule has 2 aromatic carbocycles. The van der Waals surface area contributed by atoms with Crippen LogP contribution in [0.3, 0.4) is 0 Å². The molecule has 0 aromatic heterocycles. The van der Waals surface area contributed by atoms with Gasteiger partial charge in [0.15, 0.2) is 0 Å². The summed E-state index contributed by atoms with van der Waals surface area (Å²) in [5, 5.41) is 16.0. The molecule has 0 unspecified atom stereocenters. The molecule has 23 heavy (non-hydrogen) atoms. The van der Waals surface area contributed by atoms with Crippen LogP contribution in [0.4, 0.5) is 21.5 Å². The molecule has 0 atom stereocenters. The van der Waals surface area contributed by atoms with Gasteiger partial charge in [-0.2, -0.15) is 0 Å². The summed E-state index contributed by atoms with van der Waals surface area (Å²) in [4.78, 5) is 22.1. The van der Waals surface area contributed by atoms with Crippen molar-refractivity contribution >= 4 is 23.0 Å². The monoisotopic (exact) mass is 317 g/mol. The minimum atomic E-state index is -0.500. The Bertz CT molecular complexity index is 762. The zero-order valence-corrected chi connectivity index (χ0v) is 12.7. The summed E-state index contributed by atoms with van der Waals surface area (Å²) >= 11 is 0. The molecule has 1 amide bonds. The molecule has 0 radical (unpaired) electrons. The lowest BCUT2D eigenvalue weighted by molar-refractivity contribution is -0.384. The fourth-order valence-corrected chi connectivity index (χ4v) is 2.04. The largest absolute Gasteiger partial charge is 0.374 e. The maximum atomic E-state index is 13.7. The van der Waals surface area contributed by atoms with Crippen LogP contribution in [0.2, 0.25) is 0 Å². The van der Waals surface area contributed by atoms with Crippen LogP contribution < -0.4 is 10.6 Å². The Labute approximate surface area is 132 Å². The molecule has 0 spiro atoms. The maximum Gasteiger partial charge on any atom is 0.269 e. The van der Waals surface area contributed by atoms with Gasteiger partial charge in [-0.15, -0.1) is 0 Å². The maximum absolute atomic E-state index is 13.7. The quantitative estimate of drug-likeness (QED) is 0.654. The number of carbonyl (C=O) groups is 1. The molecular weight excluding hydrogens is 301 g/mol. The van der Waals surface area contributed by atoms with E-state index in [0.29, 0.717) is 11.3 Å². The van der Waals surface area contributed by atoms with Gasteiger partial charge in [0.05, 0.1) is 17.2 Å². The van der Waals surface area contributed by atoms with Crippen LogP contribution in [0.1, 0.15) is 11.1 Å². The Hall–Kier alpha value is -2.96. The molecule has 0 aliphatic carbocycles. The Balaban J connectivity index is 1.98. The minimum absolute atomic E-state index is 0.0413. The van der Waals surface area contributed by atoms with E-state index in [1.54, 1.807) is 26.0 Å². The molecule has 0 fully saturated rings. The molecule has 0 heterocycles. The molecule has 2 rings (SSSR count). The van der Waals surface area contributed by atoms with Gasteiger partial charge in [-0.05, 0) is 43.2 Å². The van der Waals surface area contributed by atoms with Gasteiger partial charge in [0.2, 0.25) is 5.91 Å².